The summed E-state index contributed by atoms with van der Waals surface area (Å²) in [6, 6.07) is 0. The third kappa shape index (κ3) is 27.2. The van der Waals surface area contributed by atoms with Gasteiger partial charge in [-0.05, 0) is 62.6 Å². The molecule has 0 bridgehead atoms. The van der Waals surface area contributed by atoms with Gasteiger partial charge in [-0.15, -0.1) is 0 Å². The first-order valence-electron chi connectivity index (χ1n) is 8.57. The molecule has 0 fully saturated rings. The van der Waals surface area contributed by atoms with Crippen molar-refractivity contribution in [2.24, 2.45) is 0 Å². The van der Waals surface area contributed by atoms with Crippen molar-refractivity contribution >= 4 is 0 Å². The molecular formula is C17H42N4O2Ru+4. The second kappa shape index (κ2) is 18.2. The Morgan fingerprint density at radius 2 is 0.833 bits per heavy atom. The maximum Gasteiger partial charge on any atom is 4.00 e. The van der Waals surface area contributed by atoms with Gasteiger partial charge in [0.05, 0.1) is 12.2 Å². The molecule has 0 heterocycles. The molecule has 6 nitrogen and oxygen atoms in total. The summed E-state index contributed by atoms with van der Waals surface area (Å²) >= 11 is 0. The zero-order valence-electron chi connectivity index (χ0n) is 17.1. The van der Waals surface area contributed by atoms with Crippen LogP contribution in [0.25, 0.3) is 0 Å². The summed E-state index contributed by atoms with van der Waals surface area (Å²) in [5.74, 6) is 0. The van der Waals surface area contributed by atoms with Gasteiger partial charge in [-0.2, -0.15) is 0 Å². The second-order valence-corrected chi connectivity index (χ2v) is 7.15. The summed E-state index contributed by atoms with van der Waals surface area (Å²) in [4.78, 5) is 9.25. The van der Waals surface area contributed by atoms with Gasteiger partial charge >= 0.3 is 19.5 Å². The number of likely N-dealkylation sites (N-methyl/N-ethyl adjacent to an activating group) is 4. The normalized spacial score (nSPS) is 13.8. The topological polar surface area (TPSA) is 53.4 Å². The summed E-state index contributed by atoms with van der Waals surface area (Å²) < 4.78 is 0. The average molecular weight is 436 g/mol. The Morgan fingerprint density at radius 1 is 0.583 bits per heavy atom. The van der Waals surface area contributed by atoms with Crippen molar-refractivity contribution in [3.8, 4) is 0 Å². The summed E-state index contributed by atoms with van der Waals surface area (Å²) in [5.41, 5.74) is 0. The molecule has 2 unspecified atom stereocenters. The molecule has 0 aromatic heterocycles. The van der Waals surface area contributed by atoms with Crippen LogP contribution in [0.3, 0.4) is 0 Å². The molecule has 0 radical (unpaired) electrons. The van der Waals surface area contributed by atoms with Crippen molar-refractivity contribution < 1.29 is 29.7 Å². The fourth-order valence-electron chi connectivity index (χ4n) is 1.80. The van der Waals surface area contributed by atoms with E-state index in [0.29, 0.717) is 6.42 Å². The van der Waals surface area contributed by atoms with E-state index in [1.807, 2.05) is 0 Å². The van der Waals surface area contributed by atoms with Crippen molar-refractivity contribution in [2.75, 3.05) is 81.6 Å². The Labute approximate surface area is 163 Å². The Bertz CT molecular complexity index is 231. The van der Waals surface area contributed by atoms with Crippen LogP contribution < -0.4 is 0 Å². The molecule has 146 valence electrons. The Hall–Kier alpha value is 0.383. The molecule has 0 aliphatic heterocycles. The minimum absolute atomic E-state index is 0. The molecule has 0 amide bonds. The number of hydrogen-bond donors (Lipinski definition) is 2. The number of aliphatic hydroxyl groups is 2. The van der Waals surface area contributed by atoms with Crippen molar-refractivity contribution in [1.82, 2.24) is 19.6 Å². The molecule has 0 saturated heterocycles. The van der Waals surface area contributed by atoms with E-state index in [1.165, 1.54) is 0 Å². The van der Waals surface area contributed by atoms with Crippen molar-refractivity contribution in [2.45, 2.75) is 32.5 Å². The van der Waals surface area contributed by atoms with Gasteiger partial charge in [0.15, 0.2) is 0 Å². The molecule has 0 aliphatic carbocycles. The first-order chi connectivity index (χ1) is 10.5. The van der Waals surface area contributed by atoms with Crippen LogP contribution in [0.5, 0.6) is 0 Å². The van der Waals surface area contributed by atoms with Crippen molar-refractivity contribution in [3.63, 3.8) is 0 Å². The standard InChI is InChI=1S/C12H30N4.C5H12O2.Ru/c1-13(2)7-9-15(5)11-12-16(6)10-8-14(3)4;1-4(6)3-5(2)7;/h7-12H2,1-6H3;4-7H,3H2,1-2H3;/q;;+4. The summed E-state index contributed by atoms with van der Waals surface area (Å²) in [7, 11) is 12.9. The van der Waals surface area contributed by atoms with Crippen LogP contribution in [0.1, 0.15) is 20.3 Å². The number of rotatable bonds is 11. The van der Waals surface area contributed by atoms with Gasteiger partial charge in [0.2, 0.25) is 0 Å². The SMILES string of the molecule is CC(O)CC(C)O.CN(C)CCN(C)CCN(C)CCN(C)C.[Ru+4]. The minimum atomic E-state index is -0.375. The molecule has 0 rings (SSSR count). The number of hydrogen-bond acceptors (Lipinski definition) is 6. The van der Waals surface area contributed by atoms with Crippen molar-refractivity contribution in [1.29, 1.82) is 0 Å². The van der Waals surface area contributed by atoms with E-state index in [0.717, 1.165) is 39.3 Å². The van der Waals surface area contributed by atoms with Crippen LogP contribution in [0.15, 0.2) is 0 Å². The monoisotopic (exact) mass is 436 g/mol. The fraction of sp³-hybridized carbons (Fsp3) is 1.00. The third-order valence-corrected chi connectivity index (χ3v) is 3.40. The van der Waals surface area contributed by atoms with Gasteiger partial charge in [-0.1, -0.05) is 0 Å². The van der Waals surface area contributed by atoms with E-state index in [1.54, 1.807) is 13.8 Å². The zero-order valence-corrected chi connectivity index (χ0v) is 18.9. The molecule has 7 heteroatoms. The summed E-state index contributed by atoms with van der Waals surface area (Å²) in [6.45, 7) is 10.2. The van der Waals surface area contributed by atoms with Crippen molar-refractivity contribution in [3.05, 3.63) is 0 Å². The Kier molecular flexibility index (Phi) is 22.1. The largest absolute Gasteiger partial charge is 4.00 e. The van der Waals surface area contributed by atoms with Gasteiger partial charge < -0.3 is 29.8 Å². The molecule has 24 heavy (non-hydrogen) atoms. The first-order valence-corrected chi connectivity index (χ1v) is 8.57. The van der Waals surface area contributed by atoms with Gasteiger partial charge in [-0.3, -0.25) is 0 Å². The first kappa shape index (κ1) is 29.2. The Balaban J connectivity index is -0.000000468. The third-order valence-electron chi connectivity index (χ3n) is 3.40. The smallest absolute Gasteiger partial charge is 0.393 e. The molecule has 0 spiro atoms. The van der Waals surface area contributed by atoms with E-state index in [4.69, 9.17) is 10.2 Å². The van der Waals surface area contributed by atoms with Crippen LogP contribution in [0.4, 0.5) is 0 Å². The molecule has 0 aliphatic rings. The summed E-state index contributed by atoms with van der Waals surface area (Å²) in [6.07, 6.45) is -0.278. The van der Waals surface area contributed by atoms with Gasteiger partial charge in [0.1, 0.15) is 0 Å². The maximum absolute atomic E-state index is 8.56. The number of nitrogens with zero attached hydrogens (tertiary/aromatic N) is 4. The maximum atomic E-state index is 8.56. The van der Waals surface area contributed by atoms with E-state index >= 15 is 0 Å². The molecule has 2 atom stereocenters. The van der Waals surface area contributed by atoms with Crippen LogP contribution in [-0.4, -0.2) is 124 Å². The Morgan fingerprint density at radius 3 is 1.00 bits per heavy atom. The van der Waals surface area contributed by atoms with E-state index in [9.17, 15) is 0 Å². The van der Waals surface area contributed by atoms with Gasteiger partial charge in [-0.25, -0.2) is 0 Å². The molecular weight excluding hydrogens is 393 g/mol. The van der Waals surface area contributed by atoms with E-state index < -0.39 is 0 Å². The van der Waals surface area contributed by atoms with Crippen LogP contribution in [0, 0.1) is 0 Å². The molecule has 0 aromatic rings. The second-order valence-electron chi connectivity index (χ2n) is 7.15. The van der Waals surface area contributed by atoms with Crippen LogP contribution in [-0.2, 0) is 19.5 Å². The predicted molar refractivity (Wildman–Crippen MR) is 100 cm³/mol. The van der Waals surface area contributed by atoms with Gasteiger partial charge in [0, 0.05) is 39.3 Å². The van der Waals surface area contributed by atoms with E-state index in [-0.39, 0.29) is 31.7 Å². The molecule has 0 saturated carbocycles. The fourth-order valence-corrected chi connectivity index (χ4v) is 1.80. The molecule has 0 aromatic carbocycles. The predicted octanol–water partition coefficient (Wildman–Crippen LogP) is 0.109. The molecule has 2 N–H and O–H groups in total. The van der Waals surface area contributed by atoms with Crippen LogP contribution in [0.2, 0.25) is 0 Å². The quantitative estimate of drug-likeness (QED) is 0.450. The van der Waals surface area contributed by atoms with Gasteiger partial charge in [0.25, 0.3) is 0 Å². The van der Waals surface area contributed by atoms with E-state index in [2.05, 4.69) is 61.9 Å². The average Bonchev–Trinajstić information content (AvgIpc) is 2.39. The minimum Gasteiger partial charge on any atom is -0.393 e. The van der Waals surface area contributed by atoms with Crippen LogP contribution >= 0.6 is 0 Å². The summed E-state index contributed by atoms with van der Waals surface area (Å²) in [5, 5.41) is 17.1. The number of aliphatic hydroxyl groups excluding tert-OH is 2. The zero-order chi connectivity index (χ0) is 18.4.